The number of carbonyl (C=O) groups excluding carboxylic acids is 1. The molecule has 0 saturated heterocycles. The number of nitrogens with zero attached hydrogens (tertiary/aromatic N) is 1. The summed E-state index contributed by atoms with van der Waals surface area (Å²) in [6.07, 6.45) is 3.09. The molecule has 3 rings (SSSR count). The first-order valence-electron chi connectivity index (χ1n) is 8.07. The third-order valence-electron chi connectivity index (χ3n) is 3.79. The number of carbonyl (C=O) groups is 1. The molecule has 0 heterocycles. The number of ether oxygens (including phenoxy) is 1. The van der Waals surface area contributed by atoms with Crippen molar-refractivity contribution in [2.45, 2.75) is 0 Å². The minimum Gasteiger partial charge on any atom is -0.507 e. The molecule has 3 aromatic rings. The molecule has 0 aliphatic rings. The van der Waals surface area contributed by atoms with Gasteiger partial charge < -0.3 is 9.84 Å². The molecule has 0 fully saturated rings. The Labute approximate surface area is 151 Å². The van der Waals surface area contributed by atoms with Crippen molar-refractivity contribution < 1.29 is 14.6 Å². The summed E-state index contributed by atoms with van der Waals surface area (Å²) in [5.74, 6) is 0.410. The Kier molecular flexibility index (Phi) is 5.29. The van der Waals surface area contributed by atoms with Gasteiger partial charge in [0.25, 0.3) is 5.91 Å². The minimum atomic E-state index is -0.351. The van der Waals surface area contributed by atoms with Crippen LogP contribution in [0.3, 0.4) is 0 Å². The lowest BCUT2D eigenvalue weighted by Crippen LogP contribution is -2.17. The van der Waals surface area contributed by atoms with Gasteiger partial charge in [-0.25, -0.2) is 5.43 Å². The highest BCUT2D eigenvalue weighted by Crippen LogP contribution is 2.25. The predicted octanol–water partition coefficient (Wildman–Crippen LogP) is 3.87. The van der Waals surface area contributed by atoms with Gasteiger partial charge in [-0.15, -0.1) is 0 Å². The number of benzene rings is 3. The first-order valence-corrected chi connectivity index (χ1v) is 8.07. The van der Waals surface area contributed by atoms with E-state index in [9.17, 15) is 9.90 Å². The zero-order valence-electron chi connectivity index (χ0n) is 14.1. The summed E-state index contributed by atoms with van der Waals surface area (Å²) in [7, 11) is 0. The number of hydrazone groups is 1. The Bertz CT molecular complexity index is 963. The molecule has 2 N–H and O–H groups in total. The summed E-state index contributed by atoms with van der Waals surface area (Å²) in [6, 6.07) is 17.8. The van der Waals surface area contributed by atoms with Crippen molar-refractivity contribution >= 4 is 22.9 Å². The lowest BCUT2D eigenvalue weighted by molar-refractivity contribution is 0.0955. The maximum atomic E-state index is 12.2. The highest BCUT2D eigenvalue weighted by molar-refractivity contribution is 6.03. The number of fused-ring (bicyclic) bond motifs is 1. The SMILES string of the molecule is C=CCOc1ccc(C(=O)N/N=C/c2c(O)ccc3ccccc23)cc1. The summed E-state index contributed by atoms with van der Waals surface area (Å²) < 4.78 is 5.38. The summed E-state index contributed by atoms with van der Waals surface area (Å²) in [5, 5.41) is 15.9. The van der Waals surface area contributed by atoms with Gasteiger partial charge in [-0.2, -0.15) is 5.10 Å². The molecule has 5 heteroatoms. The third kappa shape index (κ3) is 3.89. The smallest absolute Gasteiger partial charge is 0.271 e. The van der Waals surface area contributed by atoms with Crippen LogP contribution >= 0.6 is 0 Å². The predicted molar refractivity (Wildman–Crippen MR) is 103 cm³/mol. The molecule has 5 nitrogen and oxygen atoms in total. The molecule has 0 bridgehead atoms. The Hall–Kier alpha value is -3.60. The van der Waals surface area contributed by atoms with Crippen LogP contribution in [-0.4, -0.2) is 23.8 Å². The van der Waals surface area contributed by atoms with Gasteiger partial charge in [-0.05, 0) is 41.1 Å². The summed E-state index contributed by atoms with van der Waals surface area (Å²) in [6.45, 7) is 3.99. The van der Waals surface area contributed by atoms with Crippen molar-refractivity contribution in [3.8, 4) is 11.5 Å². The molecule has 0 saturated carbocycles. The summed E-state index contributed by atoms with van der Waals surface area (Å²) >= 11 is 0. The van der Waals surface area contributed by atoms with Gasteiger partial charge in [-0.1, -0.05) is 43.0 Å². The second-order valence-electron chi connectivity index (χ2n) is 5.54. The molecule has 3 aromatic carbocycles. The van der Waals surface area contributed by atoms with Crippen molar-refractivity contribution in [2.24, 2.45) is 5.10 Å². The molecule has 0 radical (unpaired) electrons. The Morgan fingerprint density at radius 1 is 1.12 bits per heavy atom. The number of rotatable bonds is 6. The molecule has 0 atom stereocenters. The maximum absolute atomic E-state index is 12.2. The van der Waals surface area contributed by atoms with E-state index >= 15 is 0 Å². The van der Waals surface area contributed by atoms with E-state index in [-0.39, 0.29) is 11.7 Å². The quantitative estimate of drug-likeness (QED) is 0.404. The van der Waals surface area contributed by atoms with Crippen LogP contribution < -0.4 is 10.2 Å². The van der Waals surface area contributed by atoms with Crippen LogP contribution in [0.4, 0.5) is 0 Å². The Balaban J connectivity index is 1.71. The van der Waals surface area contributed by atoms with E-state index in [1.807, 2.05) is 30.3 Å². The van der Waals surface area contributed by atoms with E-state index in [0.717, 1.165) is 10.8 Å². The zero-order valence-corrected chi connectivity index (χ0v) is 14.1. The molecular weight excluding hydrogens is 328 g/mol. The molecule has 130 valence electrons. The molecular formula is C21H18N2O3. The third-order valence-corrected chi connectivity index (χ3v) is 3.79. The van der Waals surface area contributed by atoms with Crippen LogP contribution in [0, 0.1) is 0 Å². The second kappa shape index (κ2) is 7.98. The topological polar surface area (TPSA) is 70.9 Å². The van der Waals surface area contributed by atoms with Crippen molar-refractivity contribution in [1.29, 1.82) is 0 Å². The van der Waals surface area contributed by atoms with Crippen molar-refractivity contribution in [1.82, 2.24) is 5.43 Å². The van der Waals surface area contributed by atoms with Gasteiger partial charge in [0, 0.05) is 11.1 Å². The minimum absolute atomic E-state index is 0.102. The van der Waals surface area contributed by atoms with E-state index in [4.69, 9.17) is 4.74 Å². The fourth-order valence-electron chi connectivity index (χ4n) is 2.50. The molecule has 0 unspecified atom stereocenters. The Morgan fingerprint density at radius 3 is 2.65 bits per heavy atom. The maximum Gasteiger partial charge on any atom is 0.271 e. The standard InChI is InChI=1S/C21H18N2O3/c1-2-13-26-17-10-7-16(8-11-17)21(25)23-22-14-19-18-6-4-3-5-15(18)9-12-20(19)24/h2-12,14,24H,1,13H2,(H,23,25)/b22-14+. The van der Waals surface area contributed by atoms with Gasteiger partial charge in [0.05, 0.1) is 6.21 Å². The van der Waals surface area contributed by atoms with Crippen molar-refractivity contribution in [3.63, 3.8) is 0 Å². The van der Waals surface area contributed by atoms with Crippen LogP contribution in [0.2, 0.25) is 0 Å². The average molecular weight is 346 g/mol. The lowest BCUT2D eigenvalue weighted by atomic mass is 10.0. The van der Waals surface area contributed by atoms with E-state index < -0.39 is 0 Å². The second-order valence-corrected chi connectivity index (χ2v) is 5.54. The largest absolute Gasteiger partial charge is 0.507 e. The number of hydrogen-bond acceptors (Lipinski definition) is 4. The number of amides is 1. The van der Waals surface area contributed by atoms with E-state index in [0.29, 0.717) is 23.5 Å². The molecule has 0 aliphatic carbocycles. The van der Waals surface area contributed by atoms with Gasteiger partial charge in [0.2, 0.25) is 0 Å². The van der Waals surface area contributed by atoms with Crippen molar-refractivity contribution in [2.75, 3.05) is 6.61 Å². The molecule has 26 heavy (non-hydrogen) atoms. The normalized spacial score (nSPS) is 10.8. The number of hydrogen-bond donors (Lipinski definition) is 2. The van der Waals surface area contributed by atoms with Crippen LogP contribution in [0.5, 0.6) is 11.5 Å². The monoisotopic (exact) mass is 346 g/mol. The van der Waals surface area contributed by atoms with Gasteiger partial charge >= 0.3 is 0 Å². The molecule has 0 spiro atoms. The van der Waals surface area contributed by atoms with E-state index in [1.165, 1.54) is 6.21 Å². The Morgan fingerprint density at radius 2 is 1.88 bits per heavy atom. The highest BCUT2D eigenvalue weighted by Gasteiger charge is 2.06. The van der Waals surface area contributed by atoms with Crippen LogP contribution in [-0.2, 0) is 0 Å². The van der Waals surface area contributed by atoms with E-state index in [1.54, 1.807) is 36.4 Å². The average Bonchev–Trinajstić information content (AvgIpc) is 2.68. The number of phenolic OH excluding ortho intramolecular Hbond substituents is 1. The summed E-state index contributed by atoms with van der Waals surface area (Å²) in [4.78, 5) is 12.2. The number of aromatic hydroxyl groups is 1. The molecule has 0 aliphatic heterocycles. The lowest BCUT2D eigenvalue weighted by Gasteiger charge is -2.05. The van der Waals surface area contributed by atoms with Crippen molar-refractivity contribution in [3.05, 3.63) is 84.4 Å². The van der Waals surface area contributed by atoms with Crippen LogP contribution in [0.15, 0.2) is 78.4 Å². The number of nitrogens with one attached hydrogen (secondary N) is 1. The zero-order chi connectivity index (χ0) is 18.4. The molecule has 1 amide bonds. The first kappa shape index (κ1) is 17.2. The fourth-order valence-corrected chi connectivity index (χ4v) is 2.50. The first-order chi connectivity index (χ1) is 12.7. The van der Waals surface area contributed by atoms with Gasteiger partial charge in [0.1, 0.15) is 18.1 Å². The summed E-state index contributed by atoms with van der Waals surface area (Å²) in [5.41, 5.74) is 3.47. The van der Waals surface area contributed by atoms with Crippen LogP contribution in [0.25, 0.3) is 10.8 Å². The van der Waals surface area contributed by atoms with Gasteiger partial charge in [0.15, 0.2) is 0 Å². The van der Waals surface area contributed by atoms with E-state index in [2.05, 4.69) is 17.1 Å². The highest BCUT2D eigenvalue weighted by atomic mass is 16.5. The van der Waals surface area contributed by atoms with Crippen LogP contribution in [0.1, 0.15) is 15.9 Å². The van der Waals surface area contributed by atoms with Gasteiger partial charge in [-0.3, -0.25) is 4.79 Å². The molecule has 0 aromatic heterocycles. The fraction of sp³-hybridized carbons (Fsp3) is 0.0476. The number of phenols is 1.